The van der Waals surface area contributed by atoms with E-state index in [-0.39, 0.29) is 0 Å². The molecule has 1 heterocycles. The molecule has 0 amide bonds. The third-order valence-corrected chi connectivity index (χ3v) is 1.76. The molecule has 0 radical (unpaired) electrons. The summed E-state index contributed by atoms with van der Waals surface area (Å²) in [6.45, 7) is 0. The average Bonchev–Trinajstić information content (AvgIpc) is 2.67. The van der Waals surface area contributed by atoms with Crippen molar-refractivity contribution in [1.82, 2.24) is 9.78 Å². The van der Waals surface area contributed by atoms with Gasteiger partial charge in [0, 0.05) is 6.20 Å². The summed E-state index contributed by atoms with van der Waals surface area (Å²) in [5.41, 5.74) is 1.67. The summed E-state index contributed by atoms with van der Waals surface area (Å²) in [5, 5.41) is 4.18. The van der Waals surface area contributed by atoms with Crippen LogP contribution in [0, 0.1) is 12.3 Å². The Morgan fingerprint density at radius 1 is 1.15 bits per heavy atom. The molecule has 2 aromatic rings. The van der Waals surface area contributed by atoms with Crippen LogP contribution in [0.2, 0.25) is 0 Å². The molecule has 2 heteroatoms. The van der Waals surface area contributed by atoms with Crippen molar-refractivity contribution in [2.24, 2.45) is 0 Å². The molecule has 13 heavy (non-hydrogen) atoms. The van der Waals surface area contributed by atoms with Crippen LogP contribution >= 0.6 is 0 Å². The molecule has 0 N–H and O–H groups in total. The van der Waals surface area contributed by atoms with Gasteiger partial charge in [-0.15, -0.1) is 6.42 Å². The largest absolute Gasteiger partial charge is 0.240 e. The molecule has 0 aliphatic carbocycles. The Morgan fingerprint density at radius 2 is 1.92 bits per heavy atom. The third-order valence-electron chi connectivity index (χ3n) is 1.76. The summed E-state index contributed by atoms with van der Waals surface area (Å²) in [7, 11) is 0. The zero-order valence-corrected chi connectivity index (χ0v) is 7.01. The predicted molar refractivity (Wildman–Crippen MR) is 51.5 cm³/mol. The highest BCUT2D eigenvalue weighted by molar-refractivity contribution is 5.32. The standard InChI is InChI=1S/C11H8N2/c1-2-10-8-9-13(12-10)11-6-4-3-5-7-11/h1,3-9H. The summed E-state index contributed by atoms with van der Waals surface area (Å²) in [5.74, 6) is 2.49. The van der Waals surface area contributed by atoms with Crippen molar-refractivity contribution in [2.75, 3.05) is 0 Å². The number of rotatable bonds is 1. The zero-order chi connectivity index (χ0) is 9.10. The first kappa shape index (κ1) is 7.63. The molecule has 0 aliphatic rings. The van der Waals surface area contributed by atoms with E-state index in [0.717, 1.165) is 5.69 Å². The second-order valence-corrected chi connectivity index (χ2v) is 2.63. The number of nitrogens with zero attached hydrogens (tertiary/aromatic N) is 2. The number of hydrogen-bond acceptors (Lipinski definition) is 1. The first-order valence-corrected chi connectivity index (χ1v) is 3.98. The van der Waals surface area contributed by atoms with Crippen molar-refractivity contribution in [2.45, 2.75) is 0 Å². The third kappa shape index (κ3) is 1.45. The van der Waals surface area contributed by atoms with Crippen LogP contribution in [-0.4, -0.2) is 9.78 Å². The van der Waals surface area contributed by atoms with Crippen LogP contribution < -0.4 is 0 Å². The van der Waals surface area contributed by atoms with Gasteiger partial charge in [-0.25, -0.2) is 4.68 Å². The van der Waals surface area contributed by atoms with Crippen LogP contribution in [0.1, 0.15) is 5.69 Å². The van der Waals surface area contributed by atoms with Gasteiger partial charge in [0.1, 0.15) is 5.69 Å². The van der Waals surface area contributed by atoms with E-state index in [1.54, 1.807) is 4.68 Å². The predicted octanol–water partition coefficient (Wildman–Crippen LogP) is 1.85. The minimum atomic E-state index is 0.656. The molecule has 0 saturated heterocycles. The Hall–Kier alpha value is -2.01. The fraction of sp³-hybridized carbons (Fsp3) is 0. The summed E-state index contributed by atoms with van der Waals surface area (Å²) in [6, 6.07) is 11.7. The normalized spacial score (nSPS) is 9.46. The zero-order valence-electron chi connectivity index (χ0n) is 7.01. The molecule has 0 unspecified atom stereocenters. The van der Waals surface area contributed by atoms with Gasteiger partial charge >= 0.3 is 0 Å². The van der Waals surface area contributed by atoms with E-state index in [1.807, 2.05) is 42.6 Å². The lowest BCUT2D eigenvalue weighted by Crippen LogP contribution is -1.93. The van der Waals surface area contributed by atoms with Gasteiger partial charge in [-0.3, -0.25) is 0 Å². The second kappa shape index (κ2) is 3.16. The van der Waals surface area contributed by atoms with E-state index in [9.17, 15) is 0 Å². The lowest BCUT2D eigenvalue weighted by molar-refractivity contribution is 0.874. The molecule has 0 atom stereocenters. The second-order valence-electron chi connectivity index (χ2n) is 2.63. The van der Waals surface area contributed by atoms with Gasteiger partial charge in [-0.1, -0.05) is 18.2 Å². The quantitative estimate of drug-likeness (QED) is 0.594. The summed E-state index contributed by atoms with van der Waals surface area (Å²) in [4.78, 5) is 0. The van der Waals surface area contributed by atoms with E-state index in [0.29, 0.717) is 5.69 Å². The van der Waals surface area contributed by atoms with Crippen LogP contribution in [-0.2, 0) is 0 Å². The molecule has 2 rings (SSSR count). The lowest BCUT2D eigenvalue weighted by atomic mass is 10.3. The van der Waals surface area contributed by atoms with Crippen LogP contribution in [0.4, 0.5) is 0 Å². The molecule has 0 spiro atoms. The van der Waals surface area contributed by atoms with Crippen LogP contribution in [0.15, 0.2) is 42.6 Å². The molecular formula is C11H8N2. The maximum Gasteiger partial charge on any atom is 0.135 e. The van der Waals surface area contributed by atoms with E-state index in [4.69, 9.17) is 6.42 Å². The van der Waals surface area contributed by atoms with Gasteiger partial charge < -0.3 is 0 Å². The van der Waals surface area contributed by atoms with Crippen molar-refractivity contribution in [1.29, 1.82) is 0 Å². The Labute approximate surface area is 76.8 Å². The highest BCUT2D eigenvalue weighted by Gasteiger charge is 1.96. The Kier molecular flexibility index (Phi) is 1.85. The topological polar surface area (TPSA) is 17.8 Å². The summed E-state index contributed by atoms with van der Waals surface area (Å²) in [6.07, 6.45) is 7.07. The van der Waals surface area contributed by atoms with Gasteiger partial charge in [0.05, 0.1) is 5.69 Å². The van der Waals surface area contributed by atoms with Gasteiger partial charge in [-0.05, 0) is 24.1 Å². The molecule has 0 fully saturated rings. The molecule has 2 nitrogen and oxygen atoms in total. The van der Waals surface area contributed by atoms with Crippen molar-refractivity contribution >= 4 is 0 Å². The smallest absolute Gasteiger partial charge is 0.135 e. The maximum absolute atomic E-state index is 5.22. The molecule has 0 saturated carbocycles. The number of terminal acetylenes is 1. The average molecular weight is 168 g/mol. The maximum atomic E-state index is 5.22. The highest BCUT2D eigenvalue weighted by atomic mass is 15.3. The Balaban J connectivity index is 2.43. The minimum Gasteiger partial charge on any atom is -0.240 e. The number of benzene rings is 1. The van der Waals surface area contributed by atoms with Crippen molar-refractivity contribution < 1.29 is 0 Å². The van der Waals surface area contributed by atoms with Gasteiger partial charge in [0.15, 0.2) is 0 Å². The van der Waals surface area contributed by atoms with Crippen molar-refractivity contribution in [3.63, 3.8) is 0 Å². The summed E-state index contributed by atoms with van der Waals surface area (Å²) >= 11 is 0. The lowest BCUT2D eigenvalue weighted by Gasteiger charge is -1.98. The SMILES string of the molecule is C#Cc1ccn(-c2ccccc2)n1. The first-order chi connectivity index (χ1) is 6.40. The van der Waals surface area contributed by atoms with E-state index in [2.05, 4.69) is 11.0 Å². The fourth-order valence-electron chi connectivity index (χ4n) is 1.13. The van der Waals surface area contributed by atoms with E-state index >= 15 is 0 Å². The van der Waals surface area contributed by atoms with Crippen molar-refractivity contribution in [3.05, 3.63) is 48.3 Å². The van der Waals surface area contributed by atoms with Crippen LogP contribution in [0.5, 0.6) is 0 Å². The van der Waals surface area contributed by atoms with Crippen LogP contribution in [0.3, 0.4) is 0 Å². The van der Waals surface area contributed by atoms with Gasteiger partial charge in [-0.2, -0.15) is 5.10 Å². The molecule has 62 valence electrons. The number of para-hydroxylation sites is 1. The van der Waals surface area contributed by atoms with E-state index < -0.39 is 0 Å². The summed E-state index contributed by atoms with van der Waals surface area (Å²) < 4.78 is 1.76. The Bertz CT molecular complexity index is 435. The fourth-order valence-corrected chi connectivity index (χ4v) is 1.13. The molecular weight excluding hydrogens is 160 g/mol. The van der Waals surface area contributed by atoms with Crippen LogP contribution in [0.25, 0.3) is 5.69 Å². The monoisotopic (exact) mass is 168 g/mol. The number of aromatic nitrogens is 2. The Morgan fingerprint density at radius 3 is 2.54 bits per heavy atom. The highest BCUT2D eigenvalue weighted by Crippen LogP contribution is 2.05. The minimum absolute atomic E-state index is 0.656. The van der Waals surface area contributed by atoms with Gasteiger partial charge in [0.25, 0.3) is 0 Å². The first-order valence-electron chi connectivity index (χ1n) is 3.98. The molecule has 0 aliphatic heterocycles. The molecule has 0 bridgehead atoms. The van der Waals surface area contributed by atoms with Crippen molar-refractivity contribution in [3.8, 4) is 18.0 Å². The van der Waals surface area contributed by atoms with E-state index in [1.165, 1.54) is 0 Å². The van der Waals surface area contributed by atoms with Gasteiger partial charge in [0.2, 0.25) is 0 Å². The number of hydrogen-bond donors (Lipinski definition) is 0. The molecule has 1 aromatic carbocycles. The molecule has 1 aromatic heterocycles.